The molecule has 6 aromatic carbocycles. The van der Waals surface area contributed by atoms with Crippen molar-refractivity contribution in [2.75, 3.05) is 16.3 Å². The van der Waals surface area contributed by atoms with Gasteiger partial charge in [0.05, 0.1) is 5.56 Å². The molecule has 86 heavy (non-hydrogen) atoms. The number of fused-ring (bicyclic) bond motifs is 2. The summed E-state index contributed by atoms with van der Waals surface area (Å²) in [5.74, 6) is 2.50. The van der Waals surface area contributed by atoms with E-state index >= 15 is 0 Å². The molecule has 1 amide bonds. The van der Waals surface area contributed by atoms with E-state index in [4.69, 9.17) is 32.9 Å². The van der Waals surface area contributed by atoms with E-state index < -0.39 is 0 Å². The average molecular weight is 1190 g/mol. The minimum absolute atomic E-state index is 0.0243. The molecule has 0 unspecified atom stereocenters. The summed E-state index contributed by atoms with van der Waals surface area (Å²) in [5, 5.41) is 43.9. The van der Waals surface area contributed by atoms with Crippen LogP contribution in [0.4, 0.5) is 34.4 Å². The highest BCUT2D eigenvalue weighted by Crippen LogP contribution is 2.37. The van der Waals surface area contributed by atoms with Crippen LogP contribution in [0.15, 0.2) is 194 Å². The number of benzene rings is 6. The minimum Gasteiger partial charge on any atom is -0.352 e. The second-order valence-electron chi connectivity index (χ2n) is 20.8. The standard InChI is InChI=1S/C28H22N4.C19H20ClN5O2.C18H19ClN6O2/c1-5-13-23(14-6-1)31(24-15-7-2-8-16-24)27-21-22-28(30-29-27)32(25-17-9-3-10-18-25)26-19-11-4-12-20-26;20-19-14(17(26)11-10-13-6-2-1-3-7-13)12-18(22-23-19)27-25-16-9-5-4-8-15(16)21-24-25;19-16-10-13(17(26)20-11-12-6-2-1-3-7-12)18(23-22-16)27-25-15-9-5-4-8-14(15)21-24-25/h1-22H;4-5,8-9,12-13H,1-3,6-7,10-11H2;4-5,8-10,12H,1-3,6-7,11H2,(H,20,26). The fourth-order valence-corrected chi connectivity index (χ4v) is 10.9. The highest BCUT2D eigenvalue weighted by molar-refractivity contribution is 6.32. The number of halogens is 2. The van der Waals surface area contributed by atoms with Crippen molar-refractivity contribution in [3.8, 4) is 11.8 Å². The molecule has 0 radical (unpaired) electrons. The lowest BCUT2D eigenvalue weighted by Crippen LogP contribution is -2.31. The maximum atomic E-state index is 12.7. The molecule has 11 aromatic rings. The van der Waals surface area contributed by atoms with Crippen molar-refractivity contribution in [2.24, 2.45) is 11.8 Å². The van der Waals surface area contributed by atoms with Crippen LogP contribution >= 0.6 is 23.2 Å². The topological polar surface area (TPSA) is 210 Å². The number of ketones is 1. The molecule has 0 bridgehead atoms. The van der Waals surface area contributed by atoms with Crippen LogP contribution in [-0.2, 0) is 0 Å². The number of carbonyl (C=O) groups excluding carboxylic acids is 2. The lowest BCUT2D eigenvalue weighted by atomic mass is 9.85. The number of Topliss-reactive ketones (excluding diaryl/α,β-unsaturated/α-hetero) is 1. The SMILES string of the molecule is O=C(CCC1CCCCC1)c1cc(On2nnc3ccccc32)nnc1Cl.O=C(NCC1CCCCC1)c1cc(Cl)nnc1On1nnc2ccccc21.c1ccc(N(c2ccccc2)c2ccc(N(c3ccccc3)c3ccccc3)nn2)cc1. The minimum atomic E-state index is -0.295. The van der Waals surface area contributed by atoms with Gasteiger partial charge in [0, 0.05) is 41.8 Å². The molecule has 0 aliphatic heterocycles. The predicted molar refractivity (Wildman–Crippen MR) is 332 cm³/mol. The van der Waals surface area contributed by atoms with Gasteiger partial charge in [0.2, 0.25) is 0 Å². The highest BCUT2D eigenvalue weighted by Gasteiger charge is 2.23. The Kier molecular flexibility index (Phi) is 19.4. The third-order valence-corrected chi connectivity index (χ3v) is 15.4. The number of nitrogens with one attached hydrogen (secondary N) is 1. The molecule has 2 saturated carbocycles. The Morgan fingerprint density at radius 2 is 0.942 bits per heavy atom. The van der Waals surface area contributed by atoms with E-state index in [9.17, 15) is 9.59 Å². The first-order valence-corrected chi connectivity index (χ1v) is 29.6. The Morgan fingerprint density at radius 3 is 1.44 bits per heavy atom. The van der Waals surface area contributed by atoms with Gasteiger partial charge in [0.15, 0.2) is 27.7 Å². The molecule has 0 spiro atoms. The first-order valence-electron chi connectivity index (χ1n) is 28.8. The molecule has 21 heteroatoms. The lowest BCUT2D eigenvalue weighted by Gasteiger charge is -2.26. The molecule has 19 nitrogen and oxygen atoms in total. The molecular weight excluding hydrogens is 1130 g/mol. The zero-order chi connectivity index (χ0) is 58.9. The quantitative estimate of drug-likeness (QED) is 0.0840. The highest BCUT2D eigenvalue weighted by atomic mass is 35.5. The number of carbonyl (C=O) groups is 2. The maximum Gasteiger partial charge on any atom is 0.280 e. The van der Waals surface area contributed by atoms with Crippen molar-refractivity contribution in [2.45, 2.75) is 77.0 Å². The van der Waals surface area contributed by atoms with Gasteiger partial charge in [-0.05, 0) is 133 Å². The number of para-hydroxylation sites is 6. The second-order valence-corrected chi connectivity index (χ2v) is 21.5. The van der Waals surface area contributed by atoms with Gasteiger partial charge >= 0.3 is 0 Å². The van der Waals surface area contributed by atoms with Crippen LogP contribution in [0.5, 0.6) is 11.8 Å². The summed E-state index contributed by atoms with van der Waals surface area (Å²) in [6.07, 6.45) is 13.6. The molecular formula is C65H61Cl2N15O4. The average Bonchev–Trinajstić information content (AvgIpc) is 4.01. The van der Waals surface area contributed by atoms with Gasteiger partial charge in [-0.3, -0.25) is 19.4 Å². The van der Waals surface area contributed by atoms with E-state index in [1.165, 1.54) is 73.2 Å². The molecule has 1 N–H and O–H groups in total. The Hall–Kier alpha value is -9.72. The Bertz CT molecular complexity index is 3790. The summed E-state index contributed by atoms with van der Waals surface area (Å²) >= 11 is 12.0. The monoisotopic (exact) mass is 1190 g/mol. The number of hydrogen-bond acceptors (Lipinski definition) is 16. The van der Waals surface area contributed by atoms with E-state index in [1.807, 2.05) is 133 Å². The van der Waals surface area contributed by atoms with Crippen LogP contribution in [0.1, 0.15) is 97.8 Å². The van der Waals surface area contributed by atoms with Crippen molar-refractivity contribution in [1.29, 1.82) is 0 Å². The van der Waals surface area contributed by atoms with Crippen LogP contribution in [0.2, 0.25) is 10.3 Å². The molecule has 13 rings (SSSR count). The second kappa shape index (κ2) is 28.7. The van der Waals surface area contributed by atoms with Gasteiger partial charge < -0.3 is 15.0 Å². The maximum absolute atomic E-state index is 12.7. The van der Waals surface area contributed by atoms with E-state index in [2.05, 4.69) is 115 Å². The number of amides is 1. The van der Waals surface area contributed by atoms with Gasteiger partial charge in [0.25, 0.3) is 17.7 Å². The molecule has 5 aromatic heterocycles. The van der Waals surface area contributed by atoms with Crippen LogP contribution < -0.4 is 24.8 Å². The van der Waals surface area contributed by atoms with Gasteiger partial charge in [-0.25, -0.2) is 0 Å². The summed E-state index contributed by atoms with van der Waals surface area (Å²) in [6.45, 7) is 0.629. The number of hydrogen-bond donors (Lipinski definition) is 1. The van der Waals surface area contributed by atoms with Crippen molar-refractivity contribution in [3.05, 3.63) is 216 Å². The van der Waals surface area contributed by atoms with Crippen LogP contribution in [-0.4, -0.2) is 79.1 Å². The molecule has 0 saturated heterocycles. The van der Waals surface area contributed by atoms with Crippen molar-refractivity contribution < 1.29 is 19.3 Å². The molecule has 2 aliphatic rings. The van der Waals surface area contributed by atoms with Crippen molar-refractivity contribution >= 4 is 91.3 Å². The molecule has 0 atom stereocenters. The third-order valence-electron chi connectivity index (χ3n) is 14.9. The molecule has 434 valence electrons. The van der Waals surface area contributed by atoms with E-state index in [1.54, 1.807) is 0 Å². The predicted octanol–water partition coefficient (Wildman–Crippen LogP) is 14.7. The Morgan fingerprint density at radius 1 is 0.477 bits per heavy atom. The van der Waals surface area contributed by atoms with E-state index in [0.29, 0.717) is 52.4 Å². The van der Waals surface area contributed by atoms with Crippen LogP contribution in [0.25, 0.3) is 22.1 Å². The van der Waals surface area contributed by atoms with Crippen LogP contribution in [0, 0.1) is 11.8 Å². The van der Waals surface area contributed by atoms with Gasteiger partial charge in [-0.1, -0.05) is 181 Å². The summed E-state index contributed by atoms with van der Waals surface area (Å²) in [7, 11) is 0. The Labute approximate surface area is 506 Å². The number of rotatable bonds is 17. The lowest BCUT2D eigenvalue weighted by molar-refractivity contribution is 0.0928. The largest absolute Gasteiger partial charge is 0.352 e. The molecule has 2 fully saturated rings. The van der Waals surface area contributed by atoms with Gasteiger partial charge in [-0.2, -0.15) is 0 Å². The number of anilines is 6. The van der Waals surface area contributed by atoms with Crippen molar-refractivity contribution in [1.82, 2.24) is 66.2 Å². The number of aromatic nitrogens is 12. The summed E-state index contributed by atoms with van der Waals surface area (Å²) in [5.41, 5.74) is 7.39. The normalized spacial score (nSPS) is 13.4. The fourth-order valence-electron chi connectivity index (χ4n) is 10.5. The zero-order valence-corrected chi connectivity index (χ0v) is 48.5. The smallest absolute Gasteiger partial charge is 0.280 e. The number of nitrogens with zero attached hydrogens (tertiary/aromatic N) is 14. The van der Waals surface area contributed by atoms with Gasteiger partial charge in [-0.15, -0.1) is 40.8 Å². The van der Waals surface area contributed by atoms with E-state index in [-0.39, 0.29) is 39.3 Å². The first kappa shape index (κ1) is 58.1. The van der Waals surface area contributed by atoms with Gasteiger partial charge in [0.1, 0.15) is 27.6 Å². The summed E-state index contributed by atoms with van der Waals surface area (Å²) in [4.78, 5) is 43.3. The molecule has 2 aliphatic carbocycles. The Balaban J connectivity index is 0.000000135. The third kappa shape index (κ3) is 14.8. The first-order chi connectivity index (χ1) is 42.3. The summed E-state index contributed by atoms with van der Waals surface area (Å²) in [6, 6.07) is 62.6. The molecule has 5 heterocycles. The fraction of sp³-hybridized carbons (Fsp3) is 0.231. The zero-order valence-electron chi connectivity index (χ0n) is 47.0. The summed E-state index contributed by atoms with van der Waals surface area (Å²) < 4.78 is 0. The van der Waals surface area contributed by atoms with Crippen molar-refractivity contribution in [3.63, 3.8) is 0 Å². The van der Waals surface area contributed by atoms with Crippen LogP contribution in [0.3, 0.4) is 0 Å². The van der Waals surface area contributed by atoms with E-state index in [0.717, 1.165) is 53.6 Å².